The van der Waals surface area contributed by atoms with Gasteiger partial charge in [-0.15, -0.1) is 0 Å². The molecule has 0 amide bonds. The predicted octanol–water partition coefficient (Wildman–Crippen LogP) is 3.33. The molecule has 1 aromatic rings. The Morgan fingerprint density at radius 3 is 2.75 bits per heavy atom. The van der Waals surface area contributed by atoms with Gasteiger partial charge in [0.05, 0.1) is 0 Å². The maximum atomic E-state index is 3.74. The molecule has 1 aliphatic rings. The molecule has 112 valence electrons. The molecule has 1 saturated heterocycles. The van der Waals surface area contributed by atoms with E-state index < -0.39 is 0 Å². The molecule has 2 nitrogen and oxygen atoms in total. The first kappa shape index (κ1) is 15.5. The van der Waals surface area contributed by atoms with Crippen molar-refractivity contribution in [3.8, 4) is 0 Å². The summed E-state index contributed by atoms with van der Waals surface area (Å²) in [6, 6.07) is 12.2. The second-order valence-electron chi connectivity index (χ2n) is 6.45. The van der Waals surface area contributed by atoms with Gasteiger partial charge >= 0.3 is 0 Å². The van der Waals surface area contributed by atoms with Crippen molar-refractivity contribution in [1.29, 1.82) is 0 Å². The van der Waals surface area contributed by atoms with Gasteiger partial charge in [-0.05, 0) is 37.8 Å². The molecule has 0 aromatic heterocycles. The summed E-state index contributed by atoms with van der Waals surface area (Å²) in [6.45, 7) is 10.6. The van der Waals surface area contributed by atoms with Crippen LogP contribution in [0.1, 0.15) is 39.2 Å². The lowest BCUT2D eigenvalue weighted by molar-refractivity contribution is 0.176. The SMILES string of the molecule is CCC(C)CN1CC(Cc2ccccc2)NCCC1C. The minimum atomic E-state index is 0.589. The van der Waals surface area contributed by atoms with Crippen molar-refractivity contribution in [2.24, 2.45) is 5.92 Å². The van der Waals surface area contributed by atoms with Crippen molar-refractivity contribution in [3.63, 3.8) is 0 Å². The van der Waals surface area contributed by atoms with Crippen LogP contribution in [0.25, 0.3) is 0 Å². The normalized spacial score (nSPS) is 26.1. The van der Waals surface area contributed by atoms with Gasteiger partial charge < -0.3 is 5.32 Å². The molecule has 3 unspecified atom stereocenters. The van der Waals surface area contributed by atoms with Gasteiger partial charge in [-0.3, -0.25) is 4.90 Å². The molecule has 0 radical (unpaired) electrons. The number of nitrogens with one attached hydrogen (secondary N) is 1. The Balaban J connectivity index is 1.96. The van der Waals surface area contributed by atoms with E-state index >= 15 is 0 Å². The maximum absolute atomic E-state index is 3.74. The molecule has 0 aliphatic carbocycles. The molecular formula is C18H30N2. The van der Waals surface area contributed by atoms with E-state index in [2.05, 4.69) is 61.3 Å². The third-order valence-electron chi connectivity index (χ3n) is 4.64. The first-order valence-electron chi connectivity index (χ1n) is 8.20. The molecule has 2 heteroatoms. The summed E-state index contributed by atoms with van der Waals surface area (Å²) in [6.07, 6.45) is 3.69. The van der Waals surface area contributed by atoms with E-state index in [1.807, 2.05) is 0 Å². The van der Waals surface area contributed by atoms with E-state index in [1.165, 1.54) is 31.5 Å². The smallest absolute Gasteiger partial charge is 0.0235 e. The van der Waals surface area contributed by atoms with Crippen LogP contribution in [-0.4, -0.2) is 36.6 Å². The van der Waals surface area contributed by atoms with E-state index in [0.29, 0.717) is 12.1 Å². The monoisotopic (exact) mass is 274 g/mol. The first-order chi connectivity index (χ1) is 9.69. The van der Waals surface area contributed by atoms with Crippen LogP contribution in [-0.2, 0) is 6.42 Å². The molecular weight excluding hydrogens is 244 g/mol. The third-order valence-corrected chi connectivity index (χ3v) is 4.64. The molecule has 20 heavy (non-hydrogen) atoms. The van der Waals surface area contributed by atoms with Crippen molar-refractivity contribution < 1.29 is 0 Å². The second-order valence-corrected chi connectivity index (χ2v) is 6.45. The van der Waals surface area contributed by atoms with Crippen molar-refractivity contribution in [1.82, 2.24) is 10.2 Å². The quantitative estimate of drug-likeness (QED) is 0.886. The van der Waals surface area contributed by atoms with Gasteiger partial charge in [0.1, 0.15) is 0 Å². The standard InChI is InChI=1S/C18H30N2/c1-4-15(2)13-20-14-18(19-11-10-16(20)3)12-17-8-6-5-7-9-17/h5-9,15-16,18-19H,4,10-14H2,1-3H3. The molecule has 3 atom stereocenters. The van der Waals surface area contributed by atoms with Crippen LogP contribution >= 0.6 is 0 Å². The molecule has 1 fully saturated rings. The fourth-order valence-corrected chi connectivity index (χ4v) is 3.03. The summed E-state index contributed by atoms with van der Waals surface area (Å²) < 4.78 is 0. The van der Waals surface area contributed by atoms with Crippen LogP contribution in [0.2, 0.25) is 0 Å². The molecule has 0 spiro atoms. The van der Waals surface area contributed by atoms with Gasteiger partial charge in [0.25, 0.3) is 0 Å². The van der Waals surface area contributed by atoms with Crippen LogP contribution in [0.3, 0.4) is 0 Å². The van der Waals surface area contributed by atoms with Gasteiger partial charge in [0.2, 0.25) is 0 Å². The zero-order valence-corrected chi connectivity index (χ0v) is 13.3. The highest BCUT2D eigenvalue weighted by atomic mass is 15.2. The van der Waals surface area contributed by atoms with Crippen LogP contribution in [0.15, 0.2) is 30.3 Å². The summed E-state index contributed by atoms with van der Waals surface area (Å²) in [7, 11) is 0. The van der Waals surface area contributed by atoms with Gasteiger partial charge in [-0.25, -0.2) is 0 Å². The number of hydrogen-bond acceptors (Lipinski definition) is 2. The number of hydrogen-bond donors (Lipinski definition) is 1. The minimum absolute atomic E-state index is 0.589. The van der Waals surface area contributed by atoms with E-state index in [9.17, 15) is 0 Å². The van der Waals surface area contributed by atoms with Crippen LogP contribution in [0.5, 0.6) is 0 Å². The highest BCUT2D eigenvalue weighted by Gasteiger charge is 2.23. The third kappa shape index (κ3) is 4.60. The zero-order chi connectivity index (χ0) is 14.4. The first-order valence-corrected chi connectivity index (χ1v) is 8.20. The van der Waals surface area contributed by atoms with Crippen molar-refractivity contribution >= 4 is 0 Å². The lowest BCUT2D eigenvalue weighted by Crippen LogP contribution is -2.43. The Morgan fingerprint density at radius 1 is 1.30 bits per heavy atom. The molecule has 0 saturated carbocycles. The van der Waals surface area contributed by atoms with Crippen LogP contribution in [0, 0.1) is 5.92 Å². The largest absolute Gasteiger partial charge is 0.312 e. The lowest BCUT2D eigenvalue weighted by Gasteiger charge is -2.31. The number of nitrogens with zero attached hydrogens (tertiary/aromatic N) is 1. The highest BCUT2D eigenvalue weighted by Crippen LogP contribution is 2.15. The van der Waals surface area contributed by atoms with Crippen molar-refractivity contribution in [3.05, 3.63) is 35.9 Å². The Bertz CT molecular complexity index is 376. The lowest BCUT2D eigenvalue weighted by atomic mass is 10.0. The Hall–Kier alpha value is -0.860. The second kappa shape index (κ2) is 7.80. The van der Waals surface area contributed by atoms with Gasteiger partial charge in [0.15, 0.2) is 0 Å². The summed E-state index contributed by atoms with van der Waals surface area (Å²) >= 11 is 0. The minimum Gasteiger partial charge on any atom is -0.312 e. The molecule has 1 aromatic carbocycles. The molecule has 1 heterocycles. The average Bonchev–Trinajstić information content (AvgIpc) is 2.62. The van der Waals surface area contributed by atoms with Gasteiger partial charge in [-0.2, -0.15) is 0 Å². The average molecular weight is 274 g/mol. The number of rotatable bonds is 5. The zero-order valence-electron chi connectivity index (χ0n) is 13.3. The fraction of sp³-hybridized carbons (Fsp3) is 0.667. The Kier molecular flexibility index (Phi) is 6.06. The Labute approximate surface area is 124 Å². The summed E-state index contributed by atoms with van der Waals surface area (Å²) in [4.78, 5) is 2.70. The van der Waals surface area contributed by atoms with Gasteiger partial charge in [0, 0.05) is 25.2 Å². The summed E-state index contributed by atoms with van der Waals surface area (Å²) in [5.41, 5.74) is 1.45. The van der Waals surface area contributed by atoms with Crippen LogP contribution in [0.4, 0.5) is 0 Å². The molecule has 1 aliphatic heterocycles. The van der Waals surface area contributed by atoms with Crippen LogP contribution < -0.4 is 5.32 Å². The highest BCUT2D eigenvalue weighted by molar-refractivity contribution is 5.16. The fourth-order valence-electron chi connectivity index (χ4n) is 3.03. The molecule has 0 bridgehead atoms. The van der Waals surface area contributed by atoms with Crippen molar-refractivity contribution in [2.75, 3.05) is 19.6 Å². The van der Waals surface area contributed by atoms with E-state index in [4.69, 9.17) is 0 Å². The Morgan fingerprint density at radius 2 is 2.05 bits per heavy atom. The van der Waals surface area contributed by atoms with Gasteiger partial charge in [-0.1, -0.05) is 50.6 Å². The van der Waals surface area contributed by atoms with Crippen molar-refractivity contribution in [2.45, 2.75) is 52.1 Å². The summed E-state index contributed by atoms with van der Waals surface area (Å²) in [5.74, 6) is 0.799. The molecule has 2 rings (SSSR count). The maximum Gasteiger partial charge on any atom is 0.0235 e. The van der Waals surface area contributed by atoms with E-state index in [1.54, 1.807) is 0 Å². The topological polar surface area (TPSA) is 15.3 Å². The summed E-state index contributed by atoms with van der Waals surface area (Å²) in [5, 5.41) is 3.74. The van der Waals surface area contributed by atoms with E-state index in [-0.39, 0.29) is 0 Å². The van der Waals surface area contributed by atoms with E-state index in [0.717, 1.165) is 18.9 Å². The number of benzene rings is 1. The molecule has 1 N–H and O–H groups in total. The predicted molar refractivity (Wildman–Crippen MR) is 87.0 cm³/mol.